The van der Waals surface area contributed by atoms with Gasteiger partial charge in [-0.3, -0.25) is 4.79 Å². The highest BCUT2D eigenvalue weighted by Crippen LogP contribution is 2.36. The molecule has 0 aliphatic carbocycles. The van der Waals surface area contributed by atoms with E-state index in [2.05, 4.69) is 5.32 Å². The molecule has 0 saturated carbocycles. The van der Waals surface area contributed by atoms with Crippen LogP contribution < -0.4 is 14.8 Å². The molecule has 3 aromatic rings. The van der Waals surface area contributed by atoms with Crippen LogP contribution in [-0.2, 0) is 11.2 Å². The minimum atomic E-state index is -3.66. The van der Waals surface area contributed by atoms with Crippen molar-refractivity contribution in [1.82, 2.24) is 10.2 Å². The van der Waals surface area contributed by atoms with Gasteiger partial charge in [-0.2, -0.15) is 8.78 Å². The summed E-state index contributed by atoms with van der Waals surface area (Å²) >= 11 is 0. The summed E-state index contributed by atoms with van der Waals surface area (Å²) in [7, 11) is 0. The molecule has 5 rings (SSSR count). The summed E-state index contributed by atoms with van der Waals surface area (Å²) in [5.41, 5.74) is 0.826. The zero-order chi connectivity index (χ0) is 26.7. The number of hydrogen-bond donors (Lipinski definition) is 2. The third-order valence-corrected chi connectivity index (χ3v) is 7.19. The number of ether oxygens (including phenoxy) is 2. The number of aliphatic hydroxyl groups is 1. The monoisotopic (exact) mass is 528 g/mol. The van der Waals surface area contributed by atoms with Crippen molar-refractivity contribution in [3.05, 3.63) is 71.5 Å². The lowest BCUT2D eigenvalue weighted by Crippen LogP contribution is -2.51. The number of amides is 1. The van der Waals surface area contributed by atoms with Crippen LogP contribution in [0.1, 0.15) is 36.5 Å². The van der Waals surface area contributed by atoms with Crippen LogP contribution in [0.25, 0.3) is 10.8 Å². The minimum Gasteiger partial charge on any atom is -0.486 e. The minimum absolute atomic E-state index is 0.0119. The van der Waals surface area contributed by atoms with Gasteiger partial charge in [-0.05, 0) is 66.4 Å². The number of halogens is 3. The van der Waals surface area contributed by atoms with E-state index in [1.165, 1.54) is 6.07 Å². The number of aryl methyl sites for hydroxylation is 1. The molecule has 0 aromatic heterocycles. The number of benzene rings is 3. The molecule has 2 N–H and O–H groups in total. The summed E-state index contributed by atoms with van der Waals surface area (Å²) in [5.74, 6) is -5.75. The summed E-state index contributed by atoms with van der Waals surface area (Å²) in [6, 6.07) is 14.6. The summed E-state index contributed by atoms with van der Waals surface area (Å²) in [4.78, 5) is 14.8. The second-order valence-corrected chi connectivity index (χ2v) is 9.95. The second-order valence-electron chi connectivity index (χ2n) is 9.95. The average Bonchev–Trinajstić information content (AvgIpc) is 3.44. The average molecular weight is 529 g/mol. The summed E-state index contributed by atoms with van der Waals surface area (Å²) in [6.45, 7) is 2.04. The normalized spacial score (nSPS) is 17.4. The van der Waals surface area contributed by atoms with Gasteiger partial charge >= 0.3 is 5.92 Å². The molecule has 1 saturated heterocycles. The van der Waals surface area contributed by atoms with Crippen molar-refractivity contribution in [2.75, 3.05) is 32.8 Å². The first-order valence-electron chi connectivity index (χ1n) is 13.0. The Morgan fingerprint density at radius 2 is 1.76 bits per heavy atom. The fraction of sp³-hybridized carbons (Fsp3) is 0.414. The van der Waals surface area contributed by atoms with Crippen LogP contribution in [-0.4, -0.2) is 60.7 Å². The smallest absolute Gasteiger partial charge is 0.324 e. The maximum Gasteiger partial charge on any atom is 0.324 e. The summed E-state index contributed by atoms with van der Waals surface area (Å²) in [6.07, 6.45) is -0.212. The molecule has 0 bridgehead atoms. The Balaban J connectivity index is 1.30. The number of nitrogens with zero attached hydrogens (tertiary/aromatic N) is 1. The maximum atomic E-state index is 15.0. The molecule has 2 aliphatic heterocycles. The SMILES string of the molecule is O=C(NC(CN1CCCC1)C(O)c1cc(F)c2c(c1)OCCO2)C(F)(F)CCc1ccc2ccccc2c1. The predicted molar refractivity (Wildman–Crippen MR) is 137 cm³/mol. The number of aliphatic hydroxyl groups excluding tert-OH is 1. The Labute approximate surface area is 219 Å². The second kappa shape index (κ2) is 11.2. The molecule has 2 unspecified atom stereocenters. The van der Waals surface area contributed by atoms with Crippen LogP contribution in [0.2, 0.25) is 0 Å². The van der Waals surface area contributed by atoms with E-state index in [1.54, 1.807) is 6.07 Å². The van der Waals surface area contributed by atoms with Crippen LogP contribution in [0, 0.1) is 5.82 Å². The van der Waals surface area contributed by atoms with Crippen LogP contribution in [0.4, 0.5) is 13.2 Å². The third kappa shape index (κ3) is 5.89. The molecule has 6 nitrogen and oxygen atoms in total. The van der Waals surface area contributed by atoms with E-state index in [4.69, 9.17) is 9.47 Å². The number of carbonyl (C=O) groups is 1. The van der Waals surface area contributed by atoms with Crippen molar-refractivity contribution in [2.45, 2.75) is 43.8 Å². The molecular weight excluding hydrogens is 497 g/mol. The first-order chi connectivity index (χ1) is 18.3. The van der Waals surface area contributed by atoms with Gasteiger partial charge in [0, 0.05) is 13.0 Å². The van der Waals surface area contributed by atoms with Gasteiger partial charge < -0.3 is 24.8 Å². The van der Waals surface area contributed by atoms with Crippen molar-refractivity contribution < 1.29 is 32.5 Å². The number of nitrogens with one attached hydrogen (secondary N) is 1. The van der Waals surface area contributed by atoms with Crippen LogP contribution in [0.15, 0.2) is 54.6 Å². The Morgan fingerprint density at radius 1 is 1.03 bits per heavy atom. The Bertz CT molecular complexity index is 1300. The standard InChI is InChI=1S/C29H31F3N2O4/c30-23-16-22(17-25-27(23)38-14-13-37-25)26(35)24(18-34-11-3-4-12-34)33-28(36)29(31,32)10-9-19-7-8-20-5-1-2-6-21(20)15-19/h1-2,5-8,15-17,24,26,35H,3-4,9-14,18H2,(H,33,36). The molecule has 2 aliphatic rings. The van der Waals surface area contributed by atoms with E-state index in [1.807, 2.05) is 41.3 Å². The van der Waals surface area contributed by atoms with Crippen LogP contribution in [0.5, 0.6) is 11.5 Å². The van der Waals surface area contributed by atoms with E-state index in [0.29, 0.717) is 5.56 Å². The van der Waals surface area contributed by atoms with Gasteiger partial charge in [0.25, 0.3) is 5.91 Å². The Kier molecular flexibility index (Phi) is 7.76. The first-order valence-corrected chi connectivity index (χ1v) is 13.0. The molecule has 1 fully saturated rings. The number of rotatable bonds is 9. The lowest BCUT2D eigenvalue weighted by atomic mass is 9.99. The van der Waals surface area contributed by atoms with Gasteiger partial charge in [0.1, 0.15) is 19.3 Å². The maximum absolute atomic E-state index is 15.0. The zero-order valence-corrected chi connectivity index (χ0v) is 21.0. The zero-order valence-electron chi connectivity index (χ0n) is 21.0. The number of fused-ring (bicyclic) bond motifs is 2. The molecule has 0 spiro atoms. The molecule has 1 amide bonds. The van der Waals surface area contributed by atoms with Gasteiger partial charge in [0.05, 0.1) is 6.04 Å². The molecular formula is C29H31F3N2O4. The van der Waals surface area contributed by atoms with Gasteiger partial charge in [0.15, 0.2) is 17.3 Å². The molecule has 3 aromatic carbocycles. The quantitative estimate of drug-likeness (QED) is 0.424. The van der Waals surface area contributed by atoms with Gasteiger partial charge in [-0.1, -0.05) is 42.5 Å². The molecule has 9 heteroatoms. The van der Waals surface area contributed by atoms with Crippen LogP contribution >= 0.6 is 0 Å². The largest absolute Gasteiger partial charge is 0.486 e. The van der Waals surface area contributed by atoms with E-state index in [-0.39, 0.29) is 43.2 Å². The summed E-state index contributed by atoms with van der Waals surface area (Å²) in [5, 5.41) is 15.5. The van der Waals surface area contributed by atoms with Crippen molar-refractivity contribution in [3.63, 3.8) is 0 Å². The topological polar surface area (TPSA) is 71.0 Å². The Morgan fingerprint density at radius 3 is 2.55 bits per heavy atom. The highest BCUT2D eigenvalue weighted by atomic mass is 19.3. The fourth-order valence-corrected chi connectivity index (χ4v) is 5.08. The van der Waals surface area contributed by atoms with Crippen molar-refractivity contribution in [2.24, 2.45) is 0 Å². The van der Waals surface area contributed by atoms with Crippen molar-refractivity contribution >= 4 is 16.7 Å². The first kappa shape index (κ1) is 26.3. The number of alkyl halides is 2. The lowest BCUT2D eigenvalue weighted by Gasteiger charge is -2.30. The van der Waals surface area contributed by atoms with Crippen molar-refractivity contribution in [3.8, 4) is 11.5 Å². The van der Waals surface area contributed by atoms with Gasteiger partial charge in [-0.25, -0.2) is 4.39 Å². The Hall–Kier alpha value is -3.30. The van der Waals surface area contributed by atoms with Crippen molar-refractivity contribution in [1.29, 1.82) is 0 Å². The van der Waals surface area contributed by atoms with E-state index >= 15 is 8.78 Å². The molecule has 0 radical (unpaired) electrons. The highest BCUT2D eigenvalue weighted by Gasteiger charge is 2.41. The van der Waals surface area contributed by atoms with E-state index in [0.717, 1.165) is 42.8 Å². The molecule has 38 heavy (non-hydrogen) atoms. The molecule has 2 atom stereocenters. The van der Waals surface area contributed by atoms with Gasteiger partial charge in [-0.15, -0.1) is 0 Å². The molecule has 2 heterocycles. The van der Waals surface area contributed by atoms with E-state index < -0.39 is 36.2 Å². The number of likely N-dealkylation sites (tertiary alicyclic amines) is 1. The third-order valence-electron chi connectivity index (χ3n) is 7.19. The molecule has 202 valence electrons. The summed E-state index contributed by atoms with van der Waals surface area (Å²) < 4.78 is 55.5. The lowest BCUT2D eigenvalue weighted by molar-refractivity contribution is -0.148. The fourth-order valence-electron chi connectivity index (χ4n) is 5.08. The van der Waals surface area contributed by atoms with Crippen LogP contribution in [0.3, 0.4) is 0 Å². The van der Waals surface area contributed by atoms with Gasteiger partial charge in [0.2, 0.25) is 0 Å². The van der Waals surface area contributed by atoms with E-state index in [9.17, 15) is 14.3 Å². The number of hydrogen-bond acceptors (Lipinski definition) is 5. The number of carbonyl (C=O) groups excluding carboxylic acids is 1. The predicted octanol–water partition coefficient (Wildman–Crippen LogP) is 4.63. The highest BCUT2D eigenvalue weighted by molar-refractivity contribution is 5.84.